The first-order valence-corrected chi connectivity index (χ1v) is 9.23. The summed E-state index contributed by atoms with van der Waals surface area (Å²) >= 11 is 6.38. The van der Waals surface area contributed by atoms with Crippen LogP contribution in [0.4, 0.5) is 0 Å². The molecule has 1 atom stereocenters. The van der Waals surface area contributed by atoms with Gasteiger partial charge in [-0.2, -0.15) is 5.26 Å². The molecular formula is C21H23ClN2O3. The van der Waals surface area contributed by atoms with E-state index in [1.165, 1.54) is 0 Å². The summed E-state index contributed by atoms with van der Waals surface area (Å²) in [6, 6.07) is 12.9. The van der Waals surface area contributed by atoms with Crippen molar-refractivity contribution in [3.63, 3.8) is 0 Å². The predicted molar refractivity (Wildman–Crippen MR) is 107 cm³/mol. The Labute approximate surface area is 165 Å². The van der Waals surface area contributed by atoms with E-state index in [0.29, 0.717) is 28.7 Å². The van der Waals surface area contributed by atoms with Gasteiger partial charge in [0.05, 0.1) is 35.6 Å². The molecule has 0 fully saturated rings. The molecule has 0 saturated carbocycles. The predicted octanol–water partition coefficient (Wildman–Crippen LogP) is 5.34. The molecule has 5 nitrogen and oxygen atoms in total. The standard InChI is InChI=1S/C21H23ClN2O3/c1-4-15(3)27-21-19(22)10-16(11-20(21)25-5-2)13-24-26-14-18-9-7-6-8-17(18)12-23/h6-11,13,15H,4-5,14H2,1-3H3/b24-13-/t15-/m1/s1. The topological polar surface area (TPSA) is 63.8 Å². The van der Waals surface area contributed by atoms with Crippen LogP contribution in [0.5, 0.6) is 11.5 Å². The summed E-state index contributed by atoms with van der Waals surface area (Å²) in [6.07, 6.45) is 2.45. The van der Waals surface area contributed by atoms with Gasteiger partial charge in [-0.25, -0.2) is 0 Å². The summed E-state index contributed by atoms with van der Waals surface area (Å²) in [5, 5.41) is 13.5. The minimum absolute atomic E-state index is 0.0322. The normalized spacial score (nSPS) is 11.8. The lowest BCUT2D eigenvalue weighted by atomic mass is 10.1. The van der Waals surface area contributed by atoms with Gasteiger partial charge in [0.2, 0.25) is 0 Å². The molecule has 0 saturated heterocycles. The van der Waals surface area contributed by atoms with Crippen molar-refractivity contribution in [1.29, 1.82) is 5.26 Å². The minimum Gasteiger partial charge on any atom is -0.490 e. The molecule has 0 aromatic heterocycles. The SMILES string of the molecule is CCOc1cc(/C=N\OCc2ccccc2C#N)cc(Cl)c1O[C@H](C)CC. The Morgan fingerprint density at radius 2 is 2.04 bits per heavy atom. The summed E-state index contributed by atoms with van der Waals surface area (Å²) in [5.74, 6) is 1.11. The Morgan fingerprint density at radius 1 is 1.26 bits per heavy atom. The summed E-state index contributed by atoms with van der Waals surface area (Å²) in [7, 11) is 0. The van der Waals surface area contributed by atoms with Crippen molar-refractivity contribution < 1.29 is 14.3 Å². The quantitative estimate of drug-likeness (QED) is 0.431. The molecule has 0 unspecified atom stereocenters. The van der Waals surface area contributed by atoms with Crippen LogP contribution in [0.25, 0.3) is 0 Å². The molecular weight excluding hydrogens is 364 g/mol. The van der Waals surface area contributed by atoms with Gasteiger partial charge < -0.3 is 14.3 Å². The molecule has 0 heterocycles. The molecule has 0 radical (unpaired) electrons. The average molecular weight is 387 g/mol. The first kappa shape index (κ1) is 20.6. The van der Waals surface area contributed by atoms with Crippen LogP contribution >= 0.6 is 11.6 Å². The van der Waals surface area contributed by atoms with Gasteiger partial charge in [-0.05, 0) is 38.5 Å². The molecule has 2 aromatic carbocycles. The molecule has 6 heteroatoms. The molecule has 2 rings (SSSR count). The van der Waals surface area contributed by atoms with E-state index >= 15 is 0 Å². The third kappa shape index (κ3) is 5.90. The number of hydrogen-bond donors (Lipinski definition) is 0. The van der Waals surface area contributed by atoms with E-state index in [2.05, 4.69) is 11.2 Å². The highest BCUT2D eigenvalue weighted by Crippen LogP contribution is 2.37. The number of rotatable bonds is 9. The Morgan fingerprint density at radius 3 is 2.74 bits per heavy atom. The van der Waals surface area contributed by atoms with Crippen LogP contribution in [0, 0.1) is 11.3 Å². The molecule has 2 aromatic rings. The van der Waals surface area contributed by atoms with E-state index in [4.69, 9.17) is 31.2 Å². The van der Waals surface area contributed by atoms with E-state index in [9.17, 15) is 0 Å². The summed E-state index contributed by atoms with van der Waals surface area (Å²) in [6.45, 7) is 6.63. The lowest BCUT2D eigenvalue weighted by molar-refractivity contribution is 0.132. The highest BCUT2D eigenvalue weighted by Gasteiger charge is 2.14. The van der Waals surface area contributed by atoms with Gasteiger partial charge in [0.15, 0.2) is 11.5 Å². The van der Waals surface area contributed by atoms with Gasteiger partial charge in [0, 0.05) is 11.1 Å². The van der Waals surface area contributed by atoms with Crippen LogP contribution in [0.15, 0.2) is 41.6 Å². The molecule has 0 N–H and O–H groups in total. The number of nitriles is 1. The fourth-order valence-corrected chi connectivity index (χ4v) is 2.55. The molecule has 142 valence electrons. The van der Waals surface area contributed by atoms with Crippen molar-refractivity contribution in [2.75, 3.05) is 6.61 Å². The van der Waals surface area contributed by atoms with Gasteiger partial charge in [-0.1, -0.05) is 41.9 Å². The molecule has 0 aliphatic carbocycles. The van der Waals surface area contributed by atoms with Crippen molar-refractivity contribution in [2.45, 2.75) is 39.9 Å². The maximum Gasteiger partial charge on any atom is 0.180 e. The van der Waals surface area contributed by atoms with E-state index < -0.39 is 0 Å². The zero-order valence-corrected chi connectivity index (χ0v) is 16.5. The van der Waals surface area contributed by atoms with Crippen LogP contribution in [0.3, 0.4) is 0 Å². The summed E-state index contributed by atoms with van der Waals surface area (Å²) < 4.78 is 11.5. The van der Waals surface area contributed by atoms with E-state index in [1.54, 1.807) is 18.3 Å². The Balaban J connectivity index is 2.11. The maximum absolute atomic E-state index is 9.09. The van der Waals surface area contributed by atoms with Crippen molar-refractivity contribution in [1.82, 2.24) is 0 Å². The Hall–Kier alpha value is -2.71. The van der Waals surface area contributed by atoms with Crippen LogP contribution in [0.1, 0.15) is 43.9 Å². The molecule has 0 aliphatic rings. The number of benzene rings is 2. The zero-order valence-electron chi connectivity index (χ0n) is 15.7. The largest absolute Gasteiger partial charge is 0.490 e. The Kier molecular flexibility index (Phi) is 7.97. The minimum atomic E-state index is 0.0322. The van der Waals surface area contributed by atoms with Crippen molar-refractivity contribution in [3.05, 3.63) is 58.1 Å². The number of hydrogen-bond acceptors (Lipinski definition) is 5. The van der Waals surface area contributed by atoms with Gasteiger partial charge in [0.25, 0.3) is 0 Å². The first-order valence-electron chi connectivity index (χ1n) is 8.85. The molecule has 0 amide bonds. The van der Waals surface area contributed by atoms with Gasteiger partial charge in [-0.15, -0.1) is 0 Å². The fraction of sp³-hybridized carbons (Fsp3) is 0.333. The van der Waals surface area contributed by atoms with Crippen LogP contribution < -0.4 is 9.47 Å². The van der Waals surface area contributed by atoms with Gasteiger partial charge >= 0.3 is 0 Å². The average Bonchev–Trinajstić information content (AvgIpc) is 2.68. The lowest BCUT2D eigenvalue weighted by Crippen LogP contribution is -2.11. The number of halogens is 1. The van der Waals surface area contributed by atoms with Crippen molar-refractivity contribution in [2.24, 2.45) is 5.16 Å². The van der Waals surface area contributed by atoms with Crippen LogP contribution in [0.2, 0.25) is 5.02 Å². The first-order chi connectivity index (χ1) is 13.1. The van der Waals surface area contributed by atoms with Crippen LogP contribution in [-0.2, 0) is 11.4 Å². The zero-order chi connectivity index (χ0) is 19.6. The van der Waals surface area contributed by atoms with E-state index in [0.717, 1.165) is 17.5 Å². The van der Waals surface area contributed by atoms with Gasteiger partial charge in [0.1, 0.15) is 6.61 Å². The van der Waals surface area contributed by atoms with Crippen molar-refractivity contribution >= 4 is 17.8 Å². The second kappa shape index (κ2) is 10.4. The molecule has 0 spiro atoms. The highest BCUT2D eigenvalue weighted by atomic mass is 35.5. The number of nitrogens with zero attached hydrogens (tertiary/aromatic N) is 2. The second-order valence-electron chi connectivity index (χ2n) is 5.88. The van der Waals surface area contributed by atoms with Crippen molar-refractivity contribution in [3.8, 4) is 17.6 Å². The summed E-state index contributed by atoms with van der Waals surface area (Å²) in [4.78, 5) is 5.32. The van der Waals surface area contributed by atoms with Gasteiger partial charge in [-0.3, -0.25) is 0 Å². The monoisotopic (exact) mass is 386 g/mol. The third-order valence-corrected chi connectivity index (χ3v) is 4.14. The van der Waals surface area contributed by atoms with E-state index in [-0.39, 0.29) is 12.7 Å². The lowest BCUT2D eigenvalue weighted by Gasteiger charge is -2.18. The molecule has 0 aliphatic heterocycles. The second-order valence-corrected chi connectivity index (χ2v) is 6.28. The third-order valence-electron chi connectivity index (χ3n) is 3.86. The molecule has 0 bridgehead atoms. The smallest absolute Gasteiger partial charge is 0.180 e. The molecule has 27 heavy (non-hydrogen) atoms. The summed E-state index contributed by atoms with van der Waals surface area (Å²) in [5.41, 5.74) is 2.08. The van der Waals surface area contributed by atoms with E-state index in [1.807, 2.05) is 45.0 Å². The maximum atomic E-state index is 9.09. The van der Waals surface area contributed by atoms with Crippen LogP contribution in [-0.4, -0.2) is 18.9 Å². The number of oxime groups is 1. The number of ether oxygens (including phenoxy) is 2. The Bertz CT molecular complexity index is 831. The highest BCUT2D eigenvalue weighted by molar-refractivity contribution is 6.32. The fourth-order valence-electron chi connectivity index (χ4n) is 2.28.